The molecule has 0 atom stereocenters. The molecule has 0 radical (unpaired) electrons. The highest BCUT2D eigenvalue weighted by Gasteiger charge is 2.22. The predicted octanol–water partition coefficient (Wildman–Crippen LogP) is 2.32. The molecule has 0 unspecified atom stereocenters. The van der Waals surface area contributed by atoms with Crippen LogP contribution in [0.2, 0.25) is 0 Å². The molecule has 0 fully saturated rings. The summed E-state index contributed by atoms with van der Waals surface area (Å²) in [6, 6.07) is 4.40. The molecule has 1 aromatic carbocycles. The average Bonchev–Trinajstić information content (AvgIpc) is 3.49. The van der Waals surface area contributed by atoms with Crippen molar-refractivity contribution >= 4 is 60.2 Å². The largest absolute Gasteiger partial charge is 0.455 e. The van der Waals surface area contributed by atoms with Crippen LogP contribution in [0, 0.1) is 10.1 Å². The summed E-state index contributed by atoms with van der Waals surface area (Å²) in [5.74, 6) is -1.33. The van der Waals surface area contributed by atoms with Gasteiger partial charge in [0.05, 0.1) is 28.1 Å². The molecule has 0 aliphatic heterocycles. The van der Waals surface area contributed by atoms with E-state index in [1.807, 2.05) is 5.38 Å². The number of non-ortho nitro benzene ring substituents is 1. The lowest BCUT2D eigenvalue weighted by Crippen LogP contribution is -2.21. The molecule has 0 aliphatic carbocycles. The van der Waals surface area contributed by atoms with Gasteiger partial charge in [0.2, 0.25) is 9.84 Å². The van der Waals surface area contributed by atoms with Crippen molar-refractivity contribution in [3.05, 3.63) is 64.0 Å². The van der Waals surface area contributed by atoms with Gasteiger partial charge in [-0.1, -0.05) is 11.3 Å². The van der Waals surface area contributed by atoms with Gasteiger partial charge < -0.3 is 4.74 Å². The van der Waals surface area contributed by atoms with E-state index >= 15 is 0 Å². The van der Waals surface area contributed by atoms with Crippen molar-refractivity contribution in [2.24, 2.45) is 0 Å². The number of esters is 1. The van der Waals surface area contributed by atoms with Crippen LogP contribution in [0.3, 0.4) is 0 Å². The van der Waals surface area contributed by atoms with Crippen molar-refractivity contribution in [3.63, 3.8) is 0 Å². The van der Waals surface area contributed by atoms with Gasteiger partial charge in [-0.05, 0) is 12.1 Å². The maximum Gasteiger partial charge on any atom is 0.312 e. The molecule has 0 bridgehead atoms. The minimum atomic E-state index is -3.97. The number of nitrogens with zero attached hydrogens (tertiary/aromatic N) is 4. The van der Waals surface area contributed by atoms with Gasteiger partial charge in [-0.3, -0.25) is 29.4 Å². The summed E-state index contributed by atoms with van der Waals surface area (Å²) in [4.78, 5) is 42.8. The second-order valence-corrected chi connectivity index (χ2v) is 10.5. The van der Waals surface area contributed by atoms with Gasteiger partial charge >= 0.3 is 5.97 Å². The summed E-state index contributed by atoms with van der Waals surface area (Å²) in [5, 5.41) is 14.9. The molecule has 0 aliphatic rings. The van der Waals surface area contributed by atoms with Crippen LogP contribution in [-0.4, -0.2) is 46.2 Å². The zero-order chi connectivity index (χ0) is 23.6. The highest BCUT2D eigenvalue weighted by atomic mass is 32.2. The number of nitro benzene ring substituents is 1. The number of carbonyl (C=O) groups is 2. The molecule has 0 spiro atoms. The van der Waals surface area contributed by atoms with Gasteiger partial charge in [0, 0.05) is 29.9 Å². The average molecular weight is 508 g/mol. The van der Waals surface area contributed by atoms with E-state index in [2.05, 4.69) is 15.3 Å². The summed E-state index contributed by atoms with van der Waals surface area (Å²) in [6.07, 6.45) is 4.46. The van der Waals surface area contributed by atoms with Crippen LogP contribution >= 0.6 is 22.7 Å². The Morgan fingerprint density at radius 3 is 2.70 bits per heavy atom. The fraction of sp³-hybridized carbons (Fsp3) is 0.111. The number of amides is 1. The highest BCUT2D eigenvalue weighted by molar-refractivity contribution is 7.93. The molecule has 4 rings (SSSR count). The Labute approximate surface area is 193 Å². The summed E-state index contributed by atoms with van der Waals surface area (Å²) >= 11 is 2.12. The second kappa shape index (κ2) is 9.05. The maximum absolute atomic E-state index is 12.7. The first-order chi connectivity index (χ1) is 15.7. The van der Waals surface area contributed by atoms with E-state index in [1.165, 1.54) is 11.3 Å². The van der Waals surface area contributed by atoms with E-state index < -0.39 is 33.2 Å². The number of hydrogen-bond acceptors (Lipinski definition) is 11. The lowest BCUT2D eigenvalue weighted by atomic mass is 10.3. The molecule has 3 aromatic heterocycles. The van der Waals surface area contributed by atoms with Crippen LogP contribution in [0.4, 0.5) is 10.8 Å². The molecule has 15 heteroatoms. The molecule has 0 saturated heterocycles. The van der Waals surface area contributed by atoms with Gasteiger partial charge in [-0.15, -0.1) is 11.3 Å². The first kappa shape index (κ1) is 22.5. The standard InChI is InChI=1S/C18H13N5O7S3/c24-14(10-30-15(25)7-11-9-22-5-6-31-18(22)20-11)21-17-19-8-16(32-17)33(28,29)13-3-1-12(2-4-13)23(26)27/h1-6,8-9H,7,10H2,(H,19,21,24). The second-order valence-electron chi connectivity index (χ2n) is 6.45. The van der Waals surface area contributed by atoms with E-state index in [0.717, 1.165) is 35.4 Å². The molecule has 0 saturated carbocycles. The van der Waals surface area contributed by atoms with E-state index in [1.54, 1.807) is 16.8 Å². The molecule has 1 N–H and O–H groups in total. The molecular formula is C18H13N5O7S3. The minimum Gasteiger partial charge on any atom is -0.455 e. The Balaban J connectivity index is 1.32. The normalized spacial score (nSPS) is 11.4. The first-order valence-electron chi connectivity index (χ1n) is 9.04. The zero-order valence-corrected chi connectivity index (χ0v) is 18.9. The van der Waals surface area contributed by atoms with Crippen LogP contribution in [0.5, 0.6) is 0 Å². The first-order valence-corrected chi connectivity index (χ1v) is 12.2. The molecule has 170 valence electrons. The summed E-state index contributed by atoms with van der Waals surface area (Å²) < 4.78 is 31.9. The molecule has 3 heterocycles. The number of carbonyl (C=O) groups excluding carboxylic acids is 2. The Hall–Kier alpha value is -3.69. The van der Waals surface area contributed by atoms with E-state index in [4.69, 9.17) is 4.74 Å². The summed E-state index contributed by atoms with van der Waals surface area (Å²) in [6.45, 7) is -0.578. The van der Waals surface area contributed by atoms with E-state index in [9.17, 15) is 28.1 Å². The number of rotatable bonds is 8. The number of nitrogens with one attached hydrogen (secondary N) is 1. The number of anilines is 1. The molecule has 1 amide bonds. The van der Waals surface area contributed by atoms with Crippen LogP contribution in [0.1, 0.15) is 5.69 Å². The Kier molecular flexibility index (Phi) is 6.17. The van der Waals surface area contributed by atoms with Gasteiger partial charge in [0.15, 0.2) is 16.7 Å². The number of sulfone groups is 1. The van der Waals surface area contributed by atoms with Gasteiger partial charge in [0.1, 0.15) is 4.21 Å². The van der Waals surface area contributed by atoms with E-state index in [0.29, 0.717) is 17.0 Å². The lowest BCUT2D eigenvalue weighted by Gasteiger charge is -2.03. The minimum absolute atomic E-state index is 0.00845. The number of nitro groups is 1. The predicted molar refractivity (Wildman–Crippen MR) is 117 cm³/mol. The number of aromatic nitrogens is 3. The van der Waals surface area contributed by atoms with Gasteiger partial charge in [0.25, 0.3) is 11.6 Å². The molecule has 4 aromatic rings. The number of ether oxygens (including phenoxy) is 1. The molecule has 33 heavy (non-hydrogen) atoms. The van der Waals surface area contributed by atoms with E-state index in [-0.39, 0.29) is 26.3 Å². The van der Waals surface area contributed by atoms with Crippen molar-refractivity contribution in [2.75, 3.05) is 11.9 Å². The third-order valence-electron chi connectivity index (χ3n) is 4.19. The number of benzene rings is 1. The third kappa shape index (κ3) is 5.05. The van der Waals surface area contributed by atoms with Crippen molar-refractivity contribution in [2.45, 2.75) is 15.5 Å². The van der Waals surface area contributed by atoms with Crippen molar-refractivity contribution in [1.82, 2.24) is 14.4 Å². The fourth-order valence-corrected chi connectivity index (χ4v) is 5.83. The van der Waals surface area contributed by atoms with Crippen molar-refractivity contribution < 1.29 is 27.7 Å². The maximum atomic E-state index is 12.7. The smallest absolute Gasteiger partial charge is 0.312 e. The lowest BCUT2D eigenvalue weighted by molar-refractivity contribution is -0.384. The van der Waals surface area contributed by atoms with Gasteiger partial charge in [-0.2, -0.15) is 0 Å². The van der Waals surface area contributed by atoms with Crippen molar-refractivity contribution in [1.29, 1.82) is 0 Å². The third-order valence-corrected chi connectivity index (χ3v) is 8.10. The Morgan fingerprint density at radius 2 is 2.00 bits per heavy atom. The quantitative estimate of drug-likeness (QED) is 0.214. The number of thiazole rings is 2. The summed E-state index contributed by atoms with van der Waals surface area (Å²) in [7, 11) is -3.97. The van der Waals surface area contributed by atoms with Gasteiger partial charge in [-0.25, -0.2) is 18.4 Å². The molecule has 12 nitrogen and oxygen atoms in total. The Morgan fingerprint density at radius 1 is 1.24 bits per heavy atom. The zero-order valence-electron chi connectivity index (χ0n) is 16.4. The Bertz CT molecular complexity index is 1430. The highest BCUT2D eigenvalue weighted by Crippen LogP contribution is 2.29. The monoisotopic (exact) mass is 507 g/mol. The number of fused-ring (bicyclic) bond motifs is 1. The summed E-state index contributed by atoms with van der Waals surface area (Å²) in [5.41, 5.74) is 0.266. The fourth-order valence-electron chi connectivity index (χ4n) is 2.67. The van der Waals surface area contributed by atoms with Crippen LogP contribution < -0.4 is 5.32 Å². The van der Waals surface area contributed by atoms with Crippen LogP contribution in [0.25, 0.3) is 4.96 Å². The number of hydrogen-bond donors (Lipinski definition) is 1. The van der Waals surface area contributed by atoms with Crippen molar-refractivity contribution in [3.8, 4) is 0 Å². The van der Waals surface area contributed by atoms with Crippen LogP contribution in [0.15, 0.2) is 57.3 Å². The SMILES string of the molecule is O=C(COC(=O)Cc1cn2ccsc2n1)Nc1ncc(S(=O)(=O)c2ccc([N+](=O)[O-])cc2)s1. The topological polar surface area (TPSA) is 163 Å². The van der Waals surface area contributed by atoms with Crippen LogP contribution in [-0.2, 0) is 30.6 Å². The molecular weight excluding hydrogens is 494 g/mol. The number of imidazole rings is 1.